The number of rotatable bonds is 5. The van der Waals surface area contributed by atoms with E-state index in [2.05, 4.69) is 15.7 Å². The number of nitrogens with zero attached hydrogens (tertiary/aromatic N) is 1. The fraction of sp³-hybridized carbons (Fsp3) is 0.111. The molecule has 7 heteroatoms. The van der Waals surface area contributed by atoms with Crippen molar-refractivity contribution < 1.29 is 29.9 Å². The molecule has 0 bridgehead atoms. The molecule has 1 heterocycles. The van der Waals surface area contributed by atoms with Crippen molar-refractivity contribution in [3.63, 3.8) is 0 Å². The van der Waals surface area contributed by atoms with Gasteiger partial charge in [0.1, 0.15) is 13.2 Å². The van der Waals surface area contributed by atoms with Gasteiger partial charge in [0.15, 0.2) is 0 Å². The second kappa shape index (κ2) is 6.84. The highest BCUT2D eigenvalue weighted by Gasteiger charge is 2.37. The van der Waals surface area contributed by atoms with Crippen LogP contribution in [-0.4, -0.2) is 22.3 Å². The molecule has 126 valence electrons. The van der Waals surface area contributed by atoms with Crippen molar-refractivity contribution in [2.75, 3.05) is 4.90 Å². The Labute approximate surface area is 142 Å². The number of hydrogen-bond donors (Lipinski definition) is 2. The van der Waals surface area contributed by atoms with Gasteiger partial charge in [-0.3, -0.25) is 20.1 Å². The summed E-state index contributed by atoms with van der Waals surface area (Å²) in [5.41, 5.74) is 2.24. The van der Waals surface area contributed by atoms with Gasteiger partial charge < -0.3 is 0 Å². The summed E-state index contributed by atoms with van der Waals surface area (Å²) in [7, 11) is 0. The third kappa shape index (κ3) is 3.03. The summed E-state index contributed by atoms with van der Waals surface area (Å²) in [5, 5.41) is 17.3. The number of amides is 2. The summed E-state index contributed by atoms with van der Waals surface area (Å²) in [4.78, 5) is 34.6. The first-order valence-corrected chi connectivity index (χ1v) is 7.24. The molecule has 2 aromatic carbocycles. The van der Waals surface area contributed by atoms with Crippen LogP contribution in [0, 0.1) is 12.3 Å². The Kier molecular flexibility index (Phi) is 4.61. The van der Waals surface area contributed by atoms with Gasteiger partial charge in [0.2, 0.25) is 0 Å². The van der Waals surface area contributed by atoms with E-state index in [1.807, 2.05) is 0 Å². The summed E-state index contributed by atoms with van der Waals surface area (Å²) in [6, 6.07) is 9.26. The van der Waals surface area contributed by atoms with E-state index in [1.165, 1.54) is 24.3 Å². The Morgan fingerprint density at radius 2 is 1.52 bits per heavy atom. The van der Waals surface area contributed by atoms with Crippen LogP contribution in [0.4, 0.5) is 5.69 Å². The molecule has 3 rings (SSSR count). The van der Waals surface area contributed by atoms with Crippen LogP contribution in [0.5, 0.6) is 0 Å². The first kappa shape index (κ1) is 16.8. The van der Waals surface area contributed by atoms with Crippen molar-refractivity contribution in [3.8, 4) is 12.3 Å². The lowest BCUT2D eigenvalue weighted by molar-refractivity contribution is -0.254. The van der Waals surface area contributed by atoms with Crippen LogP contribution in [-0.2, 0) is 23.0 Å². The van der Waals surface area contributed by atoms with Crippen LogP contribution in [0.15, 0.2) is 36.4 Å². The first-order valence-electron chi connectivity index (χ1n) is 7.24. The summed E-state index contributed by atoms with van der Waals surface area (Å²) < 4.78 is 0. The summed E-state index contributed by atoms with van der Waals surface area (Å²) in [6.07, 6.45) is 5.34. The van der Waals surface area contributed by atoms with Crippen molar-refractivity contribution in [2.45, 2.75) is 13.2 Å². The summed E-state index contributed by atoms with van der Waals surface area (Å²) in [5.74, 6) is 1.44. The van der Waals surface area contributed by atoms with Crippen LogP contribution >= 0.6 is 0 Å². The number of fused-ring (bicyclic) bond motifs is 1. The standard InChI is InChI=1S/C18H13NO6/c1-2-11-3-4-15-16(8-11)18(21)19(17(15)20)14-6-12(9-24-22)5-13(7-14)10-25-23/h1,3-8,22-23H,9-10H2. The maximum Gasteiger partial charge on any atom is 0.266 e. The number of imide groups is 1. The number of carbonyl (C=O) groups is 2. The number of anilines is 1. The predicted octanol–water partition coefficient (Wildman–Crippen LogP) is 2.45. The van der Waals surface area contributed by atoms with E-state index in [1.54, 1.807) is 12.1 Å². The number of benzene rings is 2. The molecule has 7 nitrogen and oxygen atoms in total. The molecule has 0 atom stereocenters. The molecule has 2 aromatic rings. The van der Waals surface area contributed by atoms with Crippen LogP contribution in [0.25, 0.3) is 0 Å². The van der Waals surface area contributed by atoms with Gasteiger partial charge in [0.05, 0.1) is 16.8 Å². The average molecular weight is 339 g/mol. The molecule has 2 N–H and O–H groups in total. The maximum absolute atomic E-state index is 12.7. The minimum absolute atomic E-state index is 0.156. The molecule has 1 aliphatic rings. The Hall–Kier alpha value is -3.02. The largest absolute Gasteiger partial charge is 0.268 e. The summed E-state index contributed by atoms with van der Waals surface area (Å²) >= 11 is 0. The lowest BCUT2D eigenvalue weighted by Gasteiger charge is -2.16. The molecule has 0 spiro atoms. The molecule has 0 saturated heterocycles. The maximum atomic E-state index is 12.7. The monoisotopic (exact) mass is 339 g/mol. The molecule has 25 heavy (non-hydrogen) atoms. The second-order valence-corrected chi connectivity index (χ2v) is 5.40. The molecule has 0 aliphatic carbocycles. The molecule has 0 radical (unpaired) electrons. The fourth-order valence-electron chi connectivity index (χ4n) is 2.75. The van der Waals surface area contributed by atoms with Gasteiger partial charge in [-0.25, -0.2) is 14.7 Å². The van der Waals surface area contributed by atoms with Crippen LogP contribution in [0.1, 0.15) is 37.4 Å². The van der Waals surface area contributed by atoms with Gasteiger partial charge in [0.25, 0.3) is 11.8 Å². The highest BCUT2D eigenvalue weighted by Crippen LogP contribution is 2.30. The topological polar surface area (TPSA) is 96.3 Å². The zero-order valence-electron chi connectivity index (χ0n) is 12.9. The van der Waals surface area contributed by atoms with Gasteiger partial charge >= 0.3 is 0 Å². The molecule has 1 aliphatic heterocycles. The van der Waals surface area contributed by atoms with Crippen molar-refractivity contribution in [3.05, 3.63) is 64.2 Å². The van der Waals surface area contributed by atoms with Crippen molar-refractivity contribution >= 4 is 17.5 Å². The van der Waals surface area contributed by atoms with E-state index >= 15 is 0 Å². The zero-order chi connectivity index (χ0) is 18.0. The average Bonchev–Trinajstić information content (AvgIpc) is 2.85. The SMILES string of the molecule is C#Cc1ccc2c(c1)C(=O)N(c1cc(COO)cc(COO)c1)C2=O. The Balaban J connectivity index is 2.06. The van der Waals surface area contributed by atoms with Crippen LogP contribution < -0.4 is 4.90 Å². The van der Waals surface area contributed by atoms with Gasteiger partial charge in [-0.15, -0.1) is 6.42 Å². The van der Waals surface area contributed by atoms with Crippen LogP contribution in [0.2, 0.25) is 0 Å². The van der Waals surface area contributed by atoms with Gasteiger partial charge in [0, 0.05) is 5.56 Å². The number of hydrogen-bond acceptors (Lipinski definition) is 6. The highest BCUT2D eigenvalue weighted by molar-refractivity contribution is 6.34. The normalized spacial score (nSPS) is 13.1. The van der Waals surface area contributed by atoms with E-state index < -0.39 is 11.8 Å². The third-order valence-corrected chi connectivity index (χ3v) is 3.81. The van der Waals surface area contributed by atoms with E-state index in [0.29, 0.717) is 16.7 Å². The molecular formula is C18H13NO6. The van der Waals surface area contributed by atoms with Gasteiger partial charge in [-0.05, 0) is 41.5 Å². The van der Waals surface area contributed by atoms with Crippen molar-refractivity contribution in [1.29, 1.82) is 0 Å². The smallest absolute Gasteiger partial charge is 0.266 e. The quantitative estimate of drug-likeness (QED) is 0.376. The fourth-order valence-corrected chi connectivity index (χ4v) is 2.75. The van der Waals surface area contributed by atoms with Gasteiger partial charge in [-0.2, -0.15) is 0 Å². The Bertz CT molecular complexity index is 875. The molecule has 0 unspecified atom stereocenters. The van der Waals surface area contributed by atoms with Crippen LogP contribution in [0.3, 0.4) is 0 Å². The first-order chi connectivity index (χ1) is 12.1. The number of terminal acetylenes is 1. The second-order valence-electron chi connectivity index (χ2n) is 5.40. The van der Waals surface area contributed by atoms with Gasteiger partial charge in [-0.1, -0.05) is 12.0 Å². The Morgan fingerprint density at radius 3 is 2.08 bits per heavy atom. The van der Waals surface area contributed by atoms with E-state index in [9.17, 15) is 9.59 Å². The number of carbonyl (C=O) groups excluding carboxylic acids is 2. The van der Waals surface area contributed by atoms with E-state index in [-0.39, 0.29) is 30.0 Å². The molecular weight excluding hydrogens is 326 g/mol. The minimum atomic E-state index is -0.505. The van der Waals surface area contributed by atoms with E-state index in [4.69, 9.17) is 16.9 Å². The van der Waals surface area contributed by atoms with Crippen molar-refractivity contribution in [1.82, 2.24) is 0 Å². The minimum Gasteiger partial charge on any atom is -0.268 e. The molecule has 0 fully saturated rings. The highest BCUT2D eigenvalue weighted by atomic mass is 17.1. The lowest BCUT2D eigenvalue weighted by Crippen LogP contribution is -2.29. The zero-order valence-corrected chi connectivity index (χ0v) is 12.9. The lowest BCUT2D eigenvalue weighted by atomic mass is 10.1. The molecule has 0 saturated carbocycles. The predicted molar refractivity (Wildman–Crippen MR) is 86.8 cm³/mol. The summed E-state index contributed by atoms with van der Waals surface area (Å²) in [6.45, 7) is -0.312. The van der Waals surface area contributed by atoms with E-state index in [0.717, 1.165) is 4.90 Å². The molecule has 2 amide bonds. The molecule has 0 aromatic heterocycles. The van der Waals surface area contributed by atoms with Crippen molar-refractivity contribution in [2.24, 2.45) is 0 Å². The Morgan fingerprint density at radius 1 is 0.920 bits per heavy atom. The third-order valence-electron chi connectivity index (χ3n) is 3.81.